The summed E-state index contributed by atoms with van der Waals surface area (Å²) in [5.74, 6) is 1.51. The highest BCUT2D eigenvalue weighted by Gasteiger charge is 2.71. The Labute approximate surface area is 485 Å². The Hall–Kier alpha value is -6.99. The first kappa shape index (κ1) is 57.8. The summed E-state index contributed by atoms with van der Waals surface area (Å²) in [4.78, 5) is 48.0. The van der Waals surface area contributed by atoms with Crippen molar-refractivity contribution in [2.75, 3.05) is 60.2 Å². The van der Waals surface area contributed by atoms with Crippen LogP contribution < -0.4 is 20.7 Å². The fourth-order valence-electron chi connectivity index (χ4n) is 13.2. The number of aryl methyl sites for hydroxylation is 2. The number of hydrogen-bond donors (Lipinski definition) is 1. The normalized spacial score (nSPS) is 20.5. The summed E-state index contributed by atoms with van der Waals surface area (Å²) in [6.07, 6.45) is 0.685. The summed E-state index contributed by atoms with van der Waals surface area (Å²) in [5, 5.41) is 17.4. The van der Waals surface area contributed by atoms with Crippen LogP contribution in [-0.4, -0.2) is 121 Å². The third-order valence-corrected chi connectivity index (χ3v) is 21.5. The molecule has 0 bridgehead atoms. The molecule has 16 heteroatoms. The molecule has 11 rings (SSSR count). The molecule has 8 aromatic rings. The molecule has 3 saturated heterocycles. The first-order valence-electron chi connectivity index (χ1n) is 29.1. The Kier molecular flexibility index (Phi) is 16.9. The standard InChI is InChI=1S/C67H74N5O10P/c1-44(2)83(45(3)4,79-39-13-34-68)82-66-40-56(42-70-35-37-71(38-36-70)59(73)19-12-14-47-20-21-50-23-22-48-15-11-16-49-24-33-57(47)61(50)60(48)49)80-62(66)64(72-41-46(5)63(74)69-65(72)75)81-58(66)43-78-67(51-17-9-8-10-18-51,52-25-29-54(76-6)30-26-52)53-27-31-55(77-7)32-28-53/h8-11,15-18,20-33,41,44-45,56,58,62,64H,12-14,19,35-40,42-43H2,1-7H3/p+1/t56-,58?,62-,64-,66-/m1/s1. The van der Waals surface area contributed by atoms with Crippen LogP contribution in [0.5, 0.6) is 11.5 Å². The summed E-state index contributed by atoms with van der Waals surface area (Å²) in [6, 6.07) is 47.7. The van der Waals surface area contributed by atoms with Gasteiger partial charge in [-0.15, -0.1) is 0 Å². The number of carbonyl (C=O) groups excluding carboxylic acids is 1. The summed E-state index contributed by atoms with van der Waals surface area (Å²) in [5.41, 5.74) is 0.0607. The van der Waals surface area contributed by atoms with Gasteiger partial charge in [0.15, 0.2) is 11.8 Å². The summed E-state index contributed by atoms with van der Waals surface area (Å²) < 4.78 is 49.8. The number of nitrogens with zero attached hydrogens (tertiary/aromatic N) is 4. The van der Waals surface area contributed by atoms with Gasteiger partial charge in [0, 0.05) is 57.3 Å². The molecule has 7 aromatic carbocycles. The van der Waals surface area contributed by atoms with Crippen molar-refractivity contribution in [3.05, 3.63) is 188 Å². The molecule has 1 amide bonds. The third kappa shape index (κ3) is 11.0. The van der Waals surface area contributed by atoms with E-state index in [0.717, 1.165) is 29.5 Å². The lowest BCUT2D eigenvalue weighted by Crippen LogP contribution is -2.52. The summed E-state index contributed by atoms with van der Waals surface area (Å²) in [6.45, 7) is 13.0. The van der Waals surface area contributed by atoms with E-state index in [-0.39, 0.29) is 36.9 Å². The largest absolute Gasteiger partial charge is 0.497 e. The molecule has 3 aliphatic rings. The van der Waals surface area contributed by atoms with Crippen molar-refractivity contribution in [1.29, 1.82) is 5.26 Å². The van der Waals surface area contributed by atoms with Crippen LogP contribution in [0.4, 0.5) is 0 Å². The first-order valence-corrected chi connectivity index (χ1v) is 30.9. The Morgan fingerprint density at radius 3 is 2.01 bits per heavy atom. The van der Waals surface area contributed by atoms with E-state index in [0.29, 0.717) is 62.6 Å². The van der Waals surface area contributed by atoms with Gasteiger partial charge in [-0.3, -0.25) is 24.0 Å². The second kappa shape index (κ2) is 24.3. The van der Waals surface area contributed by atoms with Crippen LogP contribution in [0.1, 0.15) is 87.4 Å². The topological polar surface area (TPSA) is 167 Å². The van der Waals surface area contributed by atoms with E-state index in [9.17, 15) is 19.6 Å². The number of rotatable bonds is 22. The molecule has 432 valence electrons. The molecule has 5 atom stereocenters. The van der Waals surface area contributed by atoms with Crippen molar-refractivity contribution in [3.63, 3.8) is 0 Å². The number of fused-ring (bicyclic) bond motifs is 1. The van der Waals surface area contributed by atoms with Crippen molar-refractivity contribution in [2.24, 2.45) is 0 Å². The number of benzene rings is 7. The van der Waals surface area contributed by atoms with Crippen molar-refractivity contribution >= 4 is 45.9 Å². The van der Waals surface area contributed by atoms with E-state index < -0.39 is 54.7 Å². The SMILES string of the molecule is COc1ccc(C(OCC2O[C@@H](n3cc(C)c(=O)[nH]c3=O)[C@H]3O[C@@H](CN4CCN(C(=O)CCCc5ccc6ccc7cccc8ccc5c6c78)CC4)C[C@@]23O[P+](OCCC#N)(C(C)C)C(C)C)(c2ccccc2)c2ccc(OC)cc2)cc1. The Morgan fingerprint density at radius 2 is 1.39 bits per heavy atom. The molecule has 1 N–H and O–H groups in total. The minimum Gasteiger partial charge on any atom is -0.497 e. The lowest BCUT2D eigenvalue weighted by atomic mass is 9.79. The number of carbonyl (C=O) groups is 1. The quantitative estimate of drug-likeness (QED) is 0.0296. The molecular formula is C67H75N5O10P+. The van der Waals surface area contributed by atoms with Gasteiger partial charge in [0.1, 0.15) is 47.2 Å². The highest BCUT2D eigenvalue weighted by molar-refractivity contribution is 7.67. The number of H-pyrrole nitrogens is 1. The van der Waals surface area contributed by atoms with E-state index in [1.165, 1.54) is 48.6 Å². The van der Waals surface area contributed by atoms with E-state index in [1.807, 2.05) is 83.8 Å². The molecule has 1 aromatic heterocycles. The number of nitriles is 1. The van der Waals surface area contributed by atoms with E-state index in [1.54, 1.807) is 21.1 Å². The molecule has 15 nitrogen and oxygen atoms in total. The Balaban J connectivity index is 0.901. The highest BCUT2D eigenvalue weighted by Crippen LogP contribution is 2.73. The Morgan fingerprint density at radius 1 is 0.771 bits per heavy atom. The molecule has 3 fully saturated rings. The number of aromatic nitrogens is 2. The predicted octanol–water partition coefficient (Wildman–Crippen LogP) is 11.3. The number of hydrogen-bond acceptors (Lipinski definition) is 12. The fraction of sp³-hybridized carbons (Fsp3) is 0.403. The van der Waals surface area contributed by atoms with Crippen LogP contribution in [0.15, 0.2) is 149 Å². The first-order chi connectivity index (χ1) is 40.2. The van der Waals surface area contributed by atoms with Gasteiger partial charge in [0.05, 0.1) is 39.4 Å². The molecule has 4 heterocycles. The van der Waals surface area contributed by atoms with Crippen molar-refractivity contribution in [3.8, 4) is 17.6 Å². The van der Waals surface area contributed by atoms with Crippen molar-refractivity contribution in [1.82, 2.24) is 19.4 Å². The van der Waals surface area contributed by atoms with Gasteiger partial charge in [-0.05, 0) is 126 Å². The summed E-state index contributed by atoms with van der Waals surface area (Å²) >= 11 is 0. The monoisotopic (exact) mass is 1140 g/mol. The van der Waals surface area contributed by atoms with E-state index >= 15 is 0 Å². The second-order valence-electron chi connectivity index (χ2n) is 22.9. The van der Waals surface area contributed by atoms with Crippen LogP contribution in [0.2, 0.25) is 0 Å². The second-order valence-corrected chi connectivity index (χ2v) is 26.7. The van der Waals surface area contributed by atoms with Gasteiger partial charge in [-0.25, -0.2) is 9.32 Å². The molecule has 0 aliphatic carbocycles. The minimum atomic E-state index is -2.98. The van der Waals surface area contributed by atoms with Gasteiger partial charge in [0.25, 0.3) is 13.3 Å². The van der Waals surface area contributed by atoms with Crippen molar-refractivity contribution < 1.29 is 37.5 Å². The number of ether oxygens (including phenoxy) is 5. The average Bonchev–Trinajstić information content (AvgIpc) is 2.39. The zero-order chi connectivity index (χ0) is 58.0. The fourth-order valence-corrected chi connectivity index (χ4v) is 16.7. The van der Waals surface area contributed by atoms with Crippen LogP contribution in [-0.2, 0) is 40.1 Å². The number of piperazine rings is 1. The van der Waals surface area contributed by atoms with Gasteiger partial charge < -0.3 is 28.6 Å². The van der Waals surface area contributed by atoms with Gasteiger partial charge in [-0.1, -0.05) is 109 Å². The maximum Gasteiger partial charge on any atom is 0.330 e. The van der Waals surface area contributed by atoms with Gasteiger partial charge in [0.2, 0.25) is 5.91 Å². The van der Waals surface area contributed by atoms with Gasteiger partial charge >= 0.3 is 5.69 Å². The average molecular weight is 1140 g/mol. The number of methoxy groups -OCH3 is 2. The number of aromatic amines is 1. The third-order valence-electron chi connectivity index (χ3n) is 17.4. The van der Waals surface area contributed by atoms with E-state index in [4.69, 9.17) is 32.7 Å². The van der Waals surface area contributed by atoms with Crippen LogP contribution in [0, 0.1) is 18.3 Å². The van der Waals surface area contributed by atoms with Crippen LogP contribution >= 0.6 is 7.72 Å². The number of nitrogens with one attached hydrogen (secondary N) is 1. The van der Waals surface area contributed by atoms with E-state index in [2.05, 4.69) is 98.2 Å². The highest BCUT2D eigenvalue weighted by atomic mass is 31.2. The number of amides is 1. The lowest BCUT2D eigenvalue weighted by molar-refractivity contribution is -0.133. The summed E-state index contributed by atoms with van der Waals surface area (Å²) in [7, 11) is 0.287. The minimum absolute atomic E-state index is 0.0704. The lowest BCUT2D eigenvalue weighted by Gasteiger charge is -2.41. The molecule has 1 unspecified atom stereocenters. The molecule has 3 aliphatic heterocycles. The van der Waals surface area contributed by atoms with Crippen LogP contribution in [0.25, 0.3) is 32.3 Å². The predicted molar refractivity (Wildman–Crippen MR) is 325 cm³/mol. The molecule has 0 radical (unpaired) electrons. The van der Waals surface area contributed by atoms with Gasteiger partial charge in [-0.2, -0.15) is 9.79 Å². The molecule has 0 spiro atoms. The van der Waals surface area contributed by atoms with Crippen molar-refractivity contribution in [2.45, 2.75) is 114 Å². The zero-order valence-electron chi connectivity index (χ0n) is 48.5. The smallest absolute Gasteiger partial charge is 0.330 e. The Bertz CT molecular complexity index is 3650. The van der Waals surface area contributed by atoms with Crippen LogP contribution in [0.3, 0.4) is 0 Å². The molecule has 0 saturated carbocycles. The molecular weight excluding hydrogens is 1070 g/mol. The maximum absolute atomic E-state index is 14.2. The maximum atomic E-state index is 14.2. The zero-order valence-corrected chi connectivity index (χ0v) is 49.4. The molecule has 83 heavy (non-hydrogen) atoms.